The highest BCUT2D eigenvalue weighted by Gasteiger charge is 2.46. The van der Waals surface area contributed by atoms with Crippen LogP contribution in [-0.2, 0) is 17.4 Å². The molecule has 13 heteroatoms. The normalized spacial score (nSPS) is 27.2. The Kier molecular flexibility index (Phi) is 10.1. The quantitative estimate of drug-likeness (QED) is 0.371. The van der Waals surface area contributed by atoms with Crippen LogP contribution in [0.2, 0.25) is 0 Å². The zero-order valence-corrected chi connectivity index (χ0v) is 26.2. The minimum absolute atomic E-state index is 0.0254. The number of carbonyl (C=O) groups excluding carboxylic acids is 2. The molecule has 5 heterocycles. The number of aliphatic hydroxyl groups is 2. The monoisotopic (exact) mass is 648 g/mol. The number of ether oxygens (including phenoxy) is 1. The fraction of sp³-hybridized carbons (Fsp3) is 0.531. The molecule has 7 bridgehead atoms. The number of benzene rings is 2. The van der Waals surface area contributed by atoms with E-state index < -0.39 is 29.5 Å². The zero-order chi connectivity index (χ0) is 32.4. The van der Waals surface area contributed by atoms with Gasteiger partial charge in [-0.25, -0.2) is 0 Å². The van der Waals surface area contributed by atoms with Crippen LogP contribution < -0.4 is 10.1 Å². The van der Waals surface area contributed by atoms with E-state index in [1.165, 1.54) is 6.07 Å². The number of hydrogen-bond acceptors (Lipinski definition) is 8. The molecule has 0 aliphatic carbocycles. The van der Waals surface area contributed by atoms with Crippen molar-refractivity contribution in [2.24, 2.45) is 4.99 Å². The van der Waals surface area contributed by atoms with Gasteiger partial charge in [0, 0.05) is 50.0 Å². The molecular weight excluding hydrogens is 609 g/mol. The number of carbonyl (C=O) groups is 2. The smallest absolute Gasteiger partial charge is 0.416 e. The van der Waals surface area contributed by atoms with Crippen LogP contribution in [0.1, 0.15) is 64.7 Å². The van der Waals surface area contributed by atoms with Crippen molar-refractivity contribution in [1.29, 1.82) is 0 Å². The Balaban J connectivity index is 1.37. The molecule has 0 radical (unpaired) electrons. The molecule has 5 aliphatic rings. The molecule has 0 aromatic heterocycles. The van der Waals surface area contributed by atoms with E-state index in [-0.39, 0.29) is 48.4 Å². The standard InChI is InChI=1S/C32H39F3N4O5S/c1-20-16-22-6-5-21(20)8-15-45-39-12-9-31(10-13-39)30(43)36-28(37-31)23-17-24(32(33,34)35)19-25(18-23)44-14-7-27(41)26(40)4-3-11-38(2)29(22)42/h5-6,16-19,26-27,40-41H,3-4,7-15H2,1-2H3,(H,36,37,43). The highest BCUT2D eigenvalue weighted by Crippen LogP contribution is 2.36. The van der Waals surface area contributed by atoms with Gasteiger partial charge in [-0.3, -0.25) is 18.9 Å². The van der Waals surface area contributed by atoms with Crippen LogP contribution in [0.25, 0.3) is 0 Å². The lowest BCUT2D eigenvalue weighted by atomic mass is 9.89. The lowest BCUT2D eigenvalue weighted by molar-refractivity contribution is -0.137. The number of amidine groups is 1. The van der Waals surface area contributed by atoms with Crippen LogP contribution in [0.15, 0.2) is 41.4 Å². The Morgan fingerprint density at radius 1 is 1.02 bits per heavy atom. The molecule has 2 aromatic carbocycles. The van der Waals surface area contributed by atoms with Gasteiger partial charge in [0.05, 0.1) is 24.4 Å². The van der Waals surface area contributed by atoms with Gasteiger partial charge < -0.3 is 25.2 Å². The molecule has 45 heavy (non-hydrogen) atoms. The predicted molar refractivity (Wildman–Crippen MR) is 165 cm³/mol. The summed E-state index contributed by atoms with van der Waals surface area (Å²) in [5.74, 6) is 0.343. The van der Waals surface area contributed by atoms with E-state index in [1.54, 1.807) is 23.9 Å². The molecule has 2 amide bonds. The summed E-state index contributed by atoms with van der Waals surface area (Å²) in [7, 11) is 1.70. The summed E-state index contributed by atoms with van der Waals surface area (Å²) >= 11 is 1.68. The molecule has 1 spiro atoms. The summed E-state index contributed by atoms with van der Waals surface area (Å²) in [4.78, 5) is 32.4. The van der Waals surface area contributed by atoms with Crippen molar-refractivity contribution in [2.45, 2.75) is 69.4 Å². The predicted octanol–water partition coefficient (Wildman–Crippen LogP) is 3.97. The van der Waals surface area contributed by atoms with Crippen molar-refractivity contribution in [1.82, 2.24) is 14.5 Å². The molecule has 5 aliphatic heterocycles. The number of hydrogen-bond donors (Lipinski definition) is 3. The second-order valence-electron chi connectivity index (χ2n) is 12.0. The van der Waals surface area contributed by atoms with Gasteiger partial charge in [-0.05, 0) is 80.5 Å². The highest BCUT2D eigenvalue weighted by molar-refractivity contribution is 7.97. The number of rotatable bonds is 0. The molecule has 7 rings (SSSR count). The number of alkyl halides is 3. The fourth-order valence-corrected chi connectivity index (χ4v) is 6.91. The number of fused-ring (bicyclic) bond motifs is 2. The summed E-state index contributed by atoms with van der Waals surface area (Å²) in [5, 5.41) is 23.6. The number of aryl methyl sites for hydroxylation is 2. The Morgan fingerprint density at radius 3 is 2.47 bits per heavy atom. The van der Waals surface area contributed by atoms with Gasteiger partial charge in [-0.15, -0.1) is 0 Å². The van der Waals surface area contributed by atoms with Crippen LogP contribution in [0.5, 0.6) is 5.75 Å². The van der Waals surface area contributed by atoms with Crippen LogP contribution in [0, 0.1) is 6.92 Å². The zero-order valence-electron chi connectivity index (χ0n) is 25.4. The van der Waals surface area contributed by atoms with Gasteiger partial charge in [0.25, 0.3) is 11.8 Å². The minimum Gasteiger partial charge on any atom is -0.493 e. The maximum absolute atomic E-state index is 13.8. The van der Waals surface area contributed by atoms with Crippen molar-refractivity contribution in [3.8, 4) is 5.75 Å². The fourth-order valence-electron chi connectivity index (χ4n) is 5.90. The molecule has 2 unspecified atom stereocenters. The molecule has 2 atom stereocenters. The third-order valence-corrected chi connectivity index (χ3v) is 9.86. The summed E-state index contributed by atoms with van der Waals surface area (Å²) in [5.41, 5.74) is 0.845. The molecule has 9 nitrogen and oxygen atoms in total. The van der Waals surface area contributed by atoms with Gasteiger partial charge in [0.1, 0.15) is 17.1 Å². The third-order valence-electron chi connectivity index (χ3n) is 8.74. The van der Waals surface area contributed by atoms with Crippen LogP contribution >= 0.6 is 11.9 Å². The first-order valence-electron chi connectivity index (χ1n) is 15.2. The van der Waals surface area contributed by atoms with E-state index in [0.29, 0.717) is 44.5 Å². The highest BCUT2D eigenvalue weighted by atomic mass is 32.2. The second-order valence-corrected chi connectivity index (χ2v) is 13.2. The Labute approximate surface area is 265 Å². The van der Waals surface area contributed by atoms with E-state index in [9.17, 15) is 33.0 Å². The van der Waals surface area contributed by atoms with Crippen molar-refractivity contribution in [3.63, 3.8) is 0 Å². The van der Waals surface area contributed by atoms with Crippen molar-refractivity contribution >= 4 is 29.6 Å². The Bertz CT molecular complexity index is 1440. The average Bonchev–Trinajstić information content (AvgIpc) is 3.32. The van der Waals surface area contributed by atoms with Gasteiger partial charge in [0.2, 0.25) is 0 Å². The van der Waals surface area contributed by atoms with E-state index in [4.69, 9.17) is 4.74 Å². The van der Waals surface area contributed by atoms with E-state index in [2.05, 4.69) is 14.6 Å². The van der Waals surface area contributed by atoms with Gasteiger partial charge in [-0.2, -0.15) is 13.2 Å². The Hall–Kier alpha value is -3.13. The number of amides is 2. The minimum atomic E-state index is -4.66. The Morgan fingerprint density at radius 2 is 1.76 bits per heavy atom. The number of nitrogens with zero attached hydrogens (tertiary/aromatic N) is 3. The van der Waals surface area contributed by atoms with Gasteiger partial charge in [-0.1, -0.05) is 18.0 Å². The van der Waals surface area contributed by atoms with Crippen LogP contribution in [0.4, 0.5) is 13.2 Å². The van der Waals surface area contributed by atoms with Crippen molar-refractivity contribution < 1.29 is 37.7 Å². The molecule has 1 saturated heterocycles. The van der Waals surface area contributed by atoms with Crippen molar-refractivity contribution in [3.05, 3.63) is 64.2 Å². The topological polar surface area (TPSA) is 115 Å². The van der Waals surface area contributed by atoms with E-state index >= 15 is 0 Å². The first-order valence-corrected chi connectivity index (χ1v) is 16.1. The number of aliphatic hydroxyl groups excluding tert-OH is 2. The van der Waals surface area contributed by atoms with Crippen molar-refractivity contribution in [2.75, 3.05) is 39.0 Å². The largest absolute Gasteiger partial charge is 0.493 e. The number of nitrogens with one attached hydrogen (secondary N) is 1. The third kappa shape index (κ3) is 7.82. The molecule has 2 aromatic rings. The maximum Gasteiger partial charge on any atom is 0.416 e. The lowest BCUT2D eigenvalue weighted by Gasteiger charge is -2.34. The summed E-state index contributed by atoms with van der Waals surface area (Å²) in [6.45, 7) is 3.40. The van der Waals surface area contributed by atoms with Crippen LogP contribution in [-0.4, -0.2) is 93.9 Å². The first kappa shape index (κ1) is 33.2. The number of halogens is 3. The molecule has 0 saturated carbocycles. The van der Waals surface area contributed by atoms with E-state index in [1.807, 2.05) is 25.1 Å². The molecule has 1 fully saturated rings. The summed E-state index contributed by atoms with van der Waals surface area (Å²) in [6, 6.07) is 8.92. The molecular formula is C32H39F3N4O5S. The van der Waals surface area contributed by atoms with Crippen LogP contribution in [0.3, 0.4) is 0 Å². The van der Waals surface area contributed by atoms with E-state index in [0.717, 1.165) is 35.4 Å². The first-order chi connectivity index (χ1) is 21.3. The average molecular weight is 649 g/mol. The molecule has 3 N–H and O–H groups in total. The maximum atomic E-state index is 13.8. The van der Waals surface area contributed by atoms with Gasteiger partial charge >= 0.3 is 6.18 Å². The number of piperidine rings is 1. The molecule has 244 valence electrons. The number of aliphatic imine (C=N–C) groups is 1. The van der Waals surface area contributed by atoms with Gasteiger partial charge in [0.15, 0.2) is 0 Å². The second kappa shape index (κ2) is 13.7. The lowest BCUT2D eigenvalue weighted by Crippen LogP contribution is -2.47. The summed E-state index contributed by atoms with van der Waals surface area (Å²) < 4.78 is 49.2. The SMILES string of the molecule is Cc1cc2ccc1CCSN1CCC3(CC1)N=C(NC3=O)c1cc(cc(C(F)(F)F)c1)OCCC(O)C(O)CCCN(C)C2=O. The summed E-state index contributed by atoms with van der Waals surface area (Å²) in [6.07, 6.45) is -4.64.